The molecule has 12 heteroatoms. The van der Waals surface area contributed by atoms with Gasteiger partial charge in [-0.05, 0) is 18.2 Å². The van der Waals surface area contributed by atoms with Gasteiger partial charge in [-0.1, -0.05) is 6.07 Å². The Labute approximate surface area is 184 Å². The molecule has 0 aliphatic heterocycles. The topological polar surface area (TPSA) is 95.2 Å². The van der Waals surface area contributed by atoms with Crippen LogP contribution in [0.25, 0.3) is 11.0 Å². The monoisotopic (exact) mass is 468 g/mol. The molecule has 0 saturated carbocycles. The molecule has 0 radical (unpaired) electrons. The minimum Gasteiger partial charge on any atom is -0.380 e. The lowest BCUT2D eigenvalue weighted by Crippen LogP contribution is -2.37. The number of pyridine rings is 1. The lowest BCUT2D eigenvalue weighted by atomic mass is 10.2. The van der Waals surface area contributed by atoms with Crippen LogP contribution in [-0.4, -0.2) is 32.9 Å². The summed E-state index contributed by atoms with van der Waals surface area (Å²) in [6, 6.07) is 4.29. The molecule has 0 spiro atoms. The molecular weight excluding hydrogens is 449 g/mol. The number of thioether (sulfide) groups is 1. The van der Waals surface area contributed by atoms with E-state index < -0.39 is 28.9 Å². The summed E-state index contributed by atoms with van der Waals surface area (Å²) in [7, 11) is 4.27. The summed E-state index contributed by atoms with van der Waals surface area (Å²) >= 11 is 1.01. The summed E-state index contributed by atoms with van der Waals surface area (Å²) in [5, 5.41) is 2.58. The van der Waals surface area contributed by atoms with Crippen molar-refractivity contribution >= 4 is 34.4 Å². The fourth-order valence-corrected chi connectivity index (χ4v) is 4.04. The van der Waals surface area contributed by atoms with Crippen molar-refractivity contribution in [2.24, 2.45) is 14.1 Å². The highest BCUT2D eigenvalue weighted by atomic mass is 32.2. The number of methoxy groups -OCH3 is 1. The summed E-state index contributed by atoms with van der Waals surface area (Å²) in [4.78, 5) is 42.0. The van der Waals surface area contributed by atoms with Gasteiger partial charge in [0.05, 0.1) is 23.3 Å². The number of fused-ring (bicyclic) bond motifs is 1. The molecule has 1 aromatic carbocycles. The Morgan fingerprint density at radius 2 is 1.94 bits per heavy atom. The molecule has 2 aromatic heterocycles. The van der Waals surface area contributed by atoms with Crippen LogP contribution in [0.4, 0.5) is 18.9 Å². The molecule has 0 aliphatic rings. The van der Waals surface area contributed by atoms with Gasteiger partial charge in [0.2, 0.25) is 5.91 Å². The maximum absolute atomic E-state index is 12.9. The normalized spacial score (nSPS) is 11.7. The smallest absolute Gasteiger partial charge is 0.380 e. The molecule has 0 saturated heterocycles. The number of benzene rings is 1. The van der Waals surface area contributed by atoms with Crippen molar-refractivity contribution in [1.82, 2.24) is 14.1 Å². The molecule has 0 fully saturated rings. The average molecular weight is 468 g/mol. The summed E-state index contributed by atoms with van der Waals surface area (Å²) in [6.45, 7) is 0.104. The lowest BCUT2D eigenvalue weighted by Gasteiger charge is -2.14. The highest BCUT2D eigenvalue weighted by Gasteiger charge is 2.30. The minimum atomic E-state index is -4.53. The first kappa shape index (κ1) is 23.5. The first-order valence-corrected chi connectivity index (χ1v) is 10.2. The maximum atomic E-state index is 12.9. The Morgan fingerprint density at radius 3 is 2.59 bits per heavy atom. The number of amides is 1. The van der Waals surface area contributed by atoms with E-state index in [2.05, 4.69) is 10.3 Å². The van der Waals surface area contributed by atoms with Gasteiger partial charge in [0.25, 0.3) is 5.56 Å². The van der Waals surface area contributed by atoms with Crippen LogP contribution in [0.2, 0.25) is 0 Å². The molecule has 1 N–H and O–H groups in total. The molecule has 170 valence electrons. The van der Waals surface area contributed by atoms with Crippen LogP contribution in [0.5, 0.6) is 0 Å². The third-order valence-electron chi connectivity index (χ3n) is 4.62. The second kappa shape index (κ2) is 9.17. The van der Waals surface area contributed by atoms with E-state index in [4.69, 9.17) is 4.74 Å². The highest BCUT2D eigenvalue weighted by molar-refractivity contribution is 8.00. The molecule has 3 rings (SSSR count). The summed E-state index contributed by atoms with van der Waals surface area (Å²) in [5.41, 5.74) is -1.32. The van der Waals surface area contributed by atoms with Gasteiger partial charge in [-0.15, -0.1) is 11.8 Å². The number of nitrogens with zero attached hydrogens (tertiary/aromatic N) is 3. The third kappa shape index (κ3) is 4.70. The number of hydrogen-bond acceptors (Lipinski definition) is 6. The van der Waals surface area contributed by atoms with E-state index in [1.807, 2.05) is 0 Å². The number of carbonyl (C=O) groups is 1. The largest absolute Gasteiger partial charge is 0.416 e. The predicted octanol–water partition coefficient (Wildman–Crippen LogP) is 2.53. The van der Waals surface area contributed by atoms with E-state index >= 15 is 0 Å². The number of carbonyl (C=O) groups excluding carboxylic acids is 1. The average Bonchev–Trinajstić information content (AvgIpc) is 2.74. The third-order valence-corrected chi connectivity index (χ3v) is 5.78. The van der Waals surface area contributed by atoms with Crippen LogP contribution in [0, 0.1) is 0 Å². The quantitative estimate of drug-likeness (QED) is 0.559. The van der Waals surface area contributed by atoms with Crippen molar-refractivity contribution in [2.75, 3.05) is 18.2 Å². The van der Waals surface area contributed by atoms with Gasteiger partial charge in [0.15, 0.2) is 0 Å². The van der Waals surface area contributed by atoms with Gasteiger partial charge in [0.1, 0.15) is 5.65 Å². The Morgan fingerprint density at radius 1 is 1.22 bits per heavy atom. The van der Waals surface area contributed by atoms with Crippen molar-refractivity contribution in [3.63, 3.8) is 0 Å². The first-order valence-electron chi connectivity index (χ1n) is 9.21. The van der Waals surface area contributed by atoms with Crippen molar-refractivity contribution < 1.29 is 22.7 Å². The van der Waals surface area contributed by atoms with Crippen LogP contribution >= 0.6 is 11.8 Å². The van der Waals surface area contributed by atoms with E-state index in [0.29, 0.717) is 10.5 Å². The highest BCUT2D eigenvalue weighted by Crippen LogP contribution is 2.31. The van der Waals surface area contributed by atoms with Gasteiger partial charge < -0.3 is 10.1 Å². The predicted molar refractivity (Wildman–Crippen MR) is 114 cm³/mol. The number of alkyl halides is 3. The molecule has 2 heterocycles. The molecule has 8 nitrogen and oxygen atoms in total. The molecule has 0 aliphatic carbocycles. The number of aromatic nitrogens is 3. The lowest BCUT2D eigenvalue weighted by molar-refractivity contribution is -0.137. The maximum Gasteiger partial charge on any atom is 0.416 e. The zero-order valence-electron chi connectivity index (χ0n) is 17.3. The van der Waals surface area contributed by atoms with E-state index in [9.17, 15) is 27.6 Å². The Kier molecular flexibility index (Phi) is 6.74. The first-order chi connectivity index (χ1) is 15.0. The number of hydrogen-bond donors (Lipinski definition) is 1. The SMILES string of the molecule is COCc1cnc2c(c1SCC(=O)Nc1cccc(C(F)(F)F)c1)c(=O)n(C)c(=O)n2C. The second-order valence-corrected chi connectivity index (χ2v) is 7.85. The Hall–Kier alpha value is -3.12. The zero-order chi connectivity index (χ0) is 23.6. The van der Waals surface area contributed by atoms with Gasteiger partial charge in [-0.2, -0.15) is 13.2 Å². The number of halogens is 3. The number of nitrogens with one attached hydrogen (secondary N) is 1. The Bertz CT molecular complexity index is 1300. The summed E-state index contributed by atoms with van der Waals surface area (Å²) in [6.07, 6.45) is -3.08. The molecule has 3 aromatic rings. The zero-order valence-corrected chi connectivity index (χ0v) is 18.1. The summed E-state index contributed by atoms with van der Waals surface area (Å²) in [5.74, 6) is -0.762. The number of rotatable bonds is 6. The number of aryl methyl sites for hydroxylation is 1. The fraction of sp³-hybridized carbons (Fsp3) is 0.300. The van der Waals surface area contributed by atoms with Crippen molar-refractivity contribution in [2.45, 2.75) is 17.7 Å². The molecular formula is C20H19F3N4O4S. The molecule has 0 unspecified atom stereocenters. The standard InChI is InChI=1S/C20H19F3N4O4S/c1-26-17-15(18(29)27(2)19(26)30)16(11(8-24-17)9-31-3)32-10-14(28)25-13-6-4-5-12(7-13)20(21,22)23/h4-8H,9-10H2,1-3H3,(H,25,28). The van der Waals surface area contributed by atoms with E-state index in [1.165, 1.54) is 44.1 Å². The number of anilines is 1. The van der Waals surface area contributed by atoms with Gasteiger partial charge >= 0.3 is 11.9 Å². The van der Waals surface area contributed by atoms with Crippen LogP contribution in [0.3, 0.4) is 0 Å². The minimum absolute atomic E-state index is 0.000405. The number of ether oxygens (including phenoxy) is 1. The Balaban J connectivity index is 1.93. The summed E-state index contributed by atoms with van der Waals surface area (Å²) < 4.78 is 46.0. The van der Waals surface area contributed by atoms with Crippen LogP contribution in [-0.2, 0) is 36.4 Å². The molecule has 0 bridgehead atoms. The van der Waals surface area contributed by atoms with Crippen LogP contribution in [0.15, 0.2) is 44.9 Å². The van der Waals surface area contributed by atoms with Crippen molar-refractivity contribution in [3.05, 3.63) is 62.4 Å². The van der Waals surface area contributed by atoms with E-state index in [1.54, 1.807) is 0 Å². The molecule has 32 heavy (non-hydrogen) atoms. The van der Waals surface area contributed by atoms with Crippen molar-refractivity contribution in [1.29, 1.82) is 0 Å². The molecule has 0 atom stereocenters. The van der Waals surface area contributed by atoms with Gasteiger partial charge in [-0.25, -0.2) is 9.78 Å². The molecule has 1 amide bonds. The van der Waals surface area contributed by atoms with E-state index in [-0.39, 0.29) is 29.1 Å². The van der Waals surface area contributed by atoms with Crippen molar-refractivity contribution in [3.8, 4) is 0 Å². The van der Waals surface area contributed by atoms with Crippen LogP contribution in [0.1, 0.15) is 11.1 Å². The second-order valence-electron chi connectivity index (χ2n) is 6.87. The van der Waals surface area contributed by atoms with Gasteiger partial charge in [-0.3, -0.25) is 18.7 Å². The van der Waals surface area contributed by atoms with Gasteiger partial charge in [0, 0.05) is 43.5 Å². The fourth-order valence-electron chi connectivity index (χ4n) is 3.07. The van der Waals surface area contributed by atoms with Crippen LogP contribution < -0.4 is 16.6 Å². The van der Waals surface area contributed by atoms with E-state index in [0.717, 1.165) is 28.5 Å².